The molecular weight excluding hydrogens is 362 g/mol. The number of carbonyl (C=O) groups is 1. The fraction of sp³-hybridized carbons (Fsp3) is 0.167. The van der Waals surface area contributed by atoms with Crippen molar-refractivity contribution in [2.75, 3.05) is 0 Å². The molecule has 2 aromatic heterocycles. The Balaban J connectivity index is 1.72. The number of pyridine rings is 1. The quantitative estimate of drug-likeness (QED) is 0.535. The van der Waals surface area contributed by atoms with E-state index in [0.29, 0.717) is 5.65 Å². The molecule has 2 aromatic carbocycles. The maximum atomic E-state index is 11.7. The Kier molecular flexibility index (Phi) is 4.00. The van der Waals surface area contributed by atoms with Crippen LogP contribution in [0.1, 0.15) is 35.2 Å². The van der Waals surface area contributed by atoms with Gasteiger partial charge in [0.15, 0.2) is 5.65 Å². The van der Waals surface area contributed by atoms with Crippen LogP contribution >= 0.6 is 0 Å². The number of aromatic nitrogens is 2. The minimum absolute atomic E-state index is 0.183. The molecule has 1 saturated carbocycles. The lowest BCUT2D eigenvalue weighted by atomic mass is 9.72. The van der Waals surface area contributed by atoms with Gasteiger partial charge in [0.2, 0.25) is 0 Å². The number of imidazole rings is 1. The van der Waals surface area contributed by atoms with E-state index < -0.39 is 5.97 Å². The predicted octanol–water partition coefficient (Wildman–Crippen LogP) is 4.70. The van der Waals surface area contributed by atoms with Gasteiger partial charge in [-0.2, -0.15) is 0 Å². The van der Waals surface area contributed by atoms with Gasteiger partial charge < -0.3 is 10.8 Å². The molecule has 0 saturated heterocycles. The van der Waals surface area contributed by atoms with Crippen LogP contribution in [0.4, 0.5) is 0 Å². The summed E-state index contributed by atoms with van der Waals surface area (Å²) in [5.74, 6) is -0.989. The van der Waals surface area contributed by atoms with Crippen LogP contribution in [0.5, 0.6) is 0 Å². The molecule has 5 heteroatoms. The van der Waals surface area contributed by atoms with Crippen molar-refractivity contribution in [3.05, 3.63) is 84.1 Å². The normalized spacial score (nSPS) is 15.2. The van der Waals surface area contributed by atoms with Gasteiger partial charge in [-0.15, -0.1) is 0 Å². The van der Waals surface area contributed by atoms with Gasteiger partial charge in [-0.25, -0.2) is 9.78 Å². The van der Waals surface area contributed by atoms with Crippen molar-refractivity contribution in [1.82, 2.24) is 9.38 Å². The number of fused-ring (bicyclic) bond motifs is 1. The molecule has 0 atom stereocenters. The lowest BCUT2D eigenvalue weighted by Crippen LogP contribution is -2.43. The number of aromatic carboxylic acids is 1. The van der Waals surface area contributed by atoms with Crippen LogP contribution in [-0.2, 0) is 5.54 Å². The average Bonchev–Trinajstić information content (AvgIpc) is 3.12. The van der Waals surface area contributed by atoms with Gasteiger partial charge in [0.05, 0.1) is 11.4 Å². The number of hydrogen-bond donors (Lipinski definition) is 2. The third-order valence-corrected chi connectivity index (χ3v) is 5.91. The molecule has 1 aliphatic rings. The molecule has 144 valence electrons. The van der Waals surface area contributed by atoms with Gasteiger partial charge in [0, 0.05) is 22.9 Å². The number of carboxylic acid groups (broad SMARTS) is 1. The van der Waals surface area contributed by atoms with Crippen LogP contribution < -0.4 is 5.73 Å². The minimum Gasteiger partial charge on any atom is -0.478 e. The summed E-state index contributed by atoms with van der Waals surface area (Å²) in [5, 5.41) is 9.62. The van der Waals surface area contributed by atoms with Crippen molar-refractivity contribution in [2.45, 2.75) is 24.8 Å². The van der Waals surface area contributed by atoms with Crippen molar-refractivity contribution in [3.8, 4) is 22.5 Å². The van der Waals surface area contributed by atoms with E-state index in [4.69, 9.17) is 10.7 Å². The Morgan fingerprint density at radius 3 is 2.31 bits per heavy atom. The summed E-state index contributed by atoms with van der Waals surface area (Å²) in [5.41, 5.74) is 11.6. The molecule has 3 N–H and O–H groups in total. The van der Waals surface area contributed by atoms with E-state index >= 15 is 0 Å². The molecule has 0 amide bonds. The molecule has 4 aromatic rings. The standard InChI is InChI=1S/C24H21N3O2/c25-24(13-5-14-24)18-11-9-16(10-12-18)20-21(17-6-2-1-3-7-17)27-15-4-8-19(23(28)29)22(27)26-20/h1-4,6-12,15H,5,13-14,25H2,(H,28,29). The van der Waals surface area contributed by atoms with Crippen LogP contribution in [0.3, 0.4) is 0 Å². The van der Waals surface area contributed by atoms with E-state index in [1.165, 1.54) is 6.42 Å². The van der Waals surface area contributed by atoms with Crippen LogP contribution in [0.2, 0.25) is 0 Å². The number of nitrogens with two attached hydrogens (primary N) is 1. The average molecular weight is 383 g/mol. The van der Waals surface area contributed by atoms with Crippen LogP contribution in [0, 0.1) is 0 Å². The van der Waals surface area contributed by atoms with E-state index in [1.807, 2.05) is 53.1 Å². The molecule has 5 rings (SSSR count). The topological polar surface area (TPSA) is 80.6 Å². The summed E-state index contributed by atoms with van der Waals surface area (Å²) in [6.07, 6.45) is 5.05. The predicted molar refractivity (Wildman–Crippen MR) is 113 cm³/mol. The first kappa shape index (κ1) is 17.6. The molecule has 0 spiro atoms. The van der Waals surface area contributed by atoms with E-state index in [0.717, 1.165) is 40.9 Å². The van der Waals surface area contributed by atoms with Gasteiger partial charge >= 0.3 is 5.97 Å². The van der Waals surface area contributed by atoms with Gasteiger partial charge in [-0.05, 0) is 37.0 Å². The maximum absolute atomic E-state index is 11.7. The highest BCUT2D eigenvalue weighted by Crippen LogP contribution is 2.40. The first-order chi connectivity index (χ1) is 14.1. The fourth-order valence-electron chi connectivity index (χ4n) is 4.11. The van der Waals surface area contributed by atoms with Gasteiger partial charge in [0.1, 0.15) is 5.56 Å². The summed E-state index contributed by atoms with van der Waals surface area (Å²) >= 11 is 0. The summed E-state index contributed by atoms with van der Waals surface area (Å²) in [7, 11) is 0. The molecule has 1 aliphatic carbocycles. The number of nitrogens with zero attached hydrogens (tertiary/aromatic N) is 2. The van der Waals surface area contributed by atoms with Crippen molar-refractivity contribution in [2.24, 2.45) is 5.73 Å². The second-order valence-corrected chi connectivity index (χ2v) is 7.68. The number of benzene rings is 2. The monoisotopic (exact) mass is 383 g/mol. The van der Waals surface area contributed by atoms with Crippen LogP contribution in [0.25, 0.3) is 28.2 Å². The third kappa shape index (κ3) is 2.82. The molecule has 0 unspecified atom stereocenters. The Bertz CT molecular complexity index is 1210. The first-order valence-electron chi connectivity index (χ1n) is 9.76. The second-order valence-electron chi connectivity index (χ2n) is 7.68. The SMILES string of the molecule is NC1(c2ccc(-c3nc4c(C(=O)O)cccn4c3-c3ccccc3)cc2)CCC1. The second kappa shape index (κ2) is 6.57. The Labute approximate surface area is 168 Å². The van der Waals surface area contributed by atoms with E-state index in [-0.39, 0.29) is 11.1 Å². The highest BCUT2D eigenvalue weighted by Gasteiger charge is 2.34. The Morgan fingerprint density at radius 1 is 0.966 bits per heavy atom. The highest BCUT2D eigenvalue weighted by molar-refractivity contribution is 5.96. The lowest BCUT2D eigenvalue weighted by molar-refractivity contribution is 0.0698. The molecule has 0 aliphatic heterocycles. The summed E-state index contributed by atoms with van der Waals surface area (Å²) in [4.78, 5) is 16.5. The van der Waals surface area contributed by atoms with Crippen LogP contribution in [-0.4, -0.2) is 20.5 Å². The molecule has 2 heterocycles. The van der Waals surface area contributed by atoms with Crippen molar-refractivity contribution in [1.29, 1.82) is 0 Å². The zero-order valence-electron chi connectivity index (χ0n) is 15.9. The number of rotatable bonds is 4. The van der Waals surface area contributed by atoms with E-state index in [2.05, 4.69) is 12.1 Å². The highest BCUT2D eigenvalue weighted by atomic mass is 16.4. The van der Waals surface area contributed by atoms with E-state index in [9.17, 15) is 9.90 Å². The molecule has 0 bridgehead atoms. The van der Waals surface area contributed by atoms with Crippen LogP contribution in [0.15, 0.2) is 72.9 Å². The number of carboxylic acids is 1. The summed E-state index contributed by atoms with van der Waals surface area (Å²) in [6, 6.07) is 21.5. The zero-order chi connectivity index (χ0) is 20.0. The lowest BCUT2D eigenvalue weighted by Gasteiger charge is -2.38. The molecular formula is C24H21N3O2. The smallest absolute Gasteiger partial charge is 0.339 e. The first-order valence-corrected chi connectivity index (χ1v) is 9.76. The van der Waals surface area contributed by atoms with Crippen molar-refractivity contribution < 1.29 is 9.90 Å². The van der Waals surface area contributed by atoms with E-state index in [1.54, 1.807) is 12.1 Å². The summed E-state index contributed by atoms with van der Waals surface area (Å²) < 4.78 is 1.86. The van der Waals surface area contributed by atoms with Gasteiger partial charge in [0.25, 0.3) is 0 Å². The van der Waals surface area contributed by atoms with Gasteiger partial charge in [-0.1, -0.05) is 54.6 Å². The number of hydrogen-bond acceptors (Lipinski definition) is 3. The van der Waals surface area contributed by atoms with Crippen molar-refractivity contribution >= 4 is 11.6 Å². The maximum Gasteiger partial charge on any atom is 0.339 e. The largest absolute Gasteiger partial charge is 0.478 e. The third-order valence-electron chi connectivity index (χ3n) is 5.91. The van der Waals surface area contributed by atoms with Gasteiger partial charge in [-0.3, -0.25) is 4.40 Å². The molecule has 5 nitrogen and oxygen atoms in total. The zero-order valence-corrected chi connectivity index (χ0v) is 15.9. The molecule has 1 fully saturated rings. The summed E-state index contributed by atoms with van der Waals surface area (Å²) in [6.45, 7) is 0. The molecule has 29 heavy (non-hydrogen) atoms. The molecule has 0 radical (unpaired) electrons. The fourth-order valence-corrected chi connectivity index (χ4v) is 4.11. The Morgan fingerprint density at radius 2 is 1.69 bits per heavy atom. The Hall–Kier alpha value is -3.44. The minimum atomic E-state index is -0.989. The van der Waals surface area contributed by atoms with Crippen molar-refractivity contribution in [3.63, 3.8) is 0 Å².